The lowest BCUT2D eigenvalue weighted by Gasteiger charge is -2.11. The molecule has 3 N–H and O–H groups in total. The lowest BCUT2D eigenvalue weighted by molar-refractivity contribution is 0.265. The first-order valence-corrected chi connectivity index (χ1v) is 9.07. The van der Waals surface area contributed by atoms with Crippen LogP contribution in [0.1, 0.15) is 5.56 Å². The SMILES string of the molecule is Cn1c(Sc2ccc(Br)cc2)c(CC(N)CO)c2ccccc21. The van der Waals surface area contributed by atoms with Crippen LogP contribution in [0.2, 0.25) is 0 Å². The Morgan fingerprint density at radius 2 is 1.87 bits per heavy atom. The number of aliphatic hydroxyl groups excluding tert-OH is 1. The minimum Gasteiger partial charge on any atom is -0.395 e. The zero-order valence-electron chi connectivity index (χ0n) is 12.9. The fourth-order valence-corrected chi connectivity index (χ4v) is 4.03. The molecule has 1 atom stereocenters. The van der Waals surface area contributed by atoms with Crippen molar-refractivity contribution in [2.45, 2.75) is 22.4 Å². The predicted molar refractivity (Wildman–Crippen MR) is 99.9 cm³/mol. The maximum absolute atomic E-state index is 9.34. The number of nitrogens with zero attached hydrogens (tertiary/aromatic N) is 1. The van der Waals surface area contributed by atoms with Gasteiger partial charge < -0.3 is 15.4 Å². The summed E-state index contributed by atoms with van der Waals surface area (Å²) in [5.74, 6) is 0. The molecule has 23 heavy (non-hydrogen) atoms. The second kappa shape index (κ2) is 7.09. The number of nitrogens with two attached hydrogens (primary N) is 1. The lowest BCUT2D eigenvalue weighted by Crippen LogP contribution is -2.27. The topological polar surface area (TPSA) is 51.2 Å². The third kappa shape index (κ3) is 3.48. The Hall–Kier alpha value is -1.27. The van der Waals surface area contributed by atoms with Crippen molar-refractivity contribution in [1.29, 1.82) is 0 Å². The van der Waals surface area contributed by atoms with E-state index < -0.39 is 0 Å². The van der Waals surface area contributed by atoms with Gasteiger partial charge in [0.15, 0.2) is 0 Å². The van der Waals surface area contributed by atoms with Crippen molar-refractivity contribution in [2.75, 3.05) is 6.61 Å². The van der Waals surface area contributed by atoms with Crippen molar-refractivity contribution >= 4 is 38.6 Å². The molecule has 0 amide bonds. The number of rotatable bonds is 5. The third-order valence-corrected chi connectivity index (χ3v) is 5.63. The summed E-state index contributed by atoms with van der Waals surface area (Å²) in [7, 11) is 2.08. The number of benzene rings is 2. The molecule has 0 spiro atoms. The van der Waals surface area contributed by atoms with Crippen molar-refractivity contribution in [3.63, 3.8) is 0 Å². The number of aryl methyl sites for hydroxylation is 1. The largest absolute Gasteiger partial charge is 0.395 e. The van der Waals surface area contributed by atoms with Gasteiger partial charge in [0.05, 0.1) is 11.6 Å². The van der Waals surface area contributed by atoms with Crippen LogP contribution in [0, 0.1) is 0 Å². The van der Waals surface area contributed by atoms with Gasteiger partial charge in [-0.3, -0.25) is 0 Å². The van der Waals surface area contributed by atoms with E-state index in [9.17, 15) is 5.11 Å². The molecule has 5 heteroatoms. The zero-order valence-corrected chi connectivity index (χ0v) is 15.3. The van der Waals surface area contributed by atoms with E-state index in [-0.39, 0.29) is 12.6 Å². The molecule has 0 aliphatic carbocycles. The molecule has 1 unspecified atom stereocenters. The summed E-state index contributed by atoms with van der Waals surface area (Å²) in [6.45, 7) is -0.00832. The average Bonchev–Trinajstić information content (AvgIpc) is 2.83. The van der Waals surface area contributed by atoms with E-state index in [2.05, 4.69) is 51.8 Å². The van der Waals surface area contributed by atoms with Gasteiger partial charge in [-0.25, -0.2) is 0 Å². The fraction of sp³-hybridized carbons (Fsp3) is 0.222. The Balaban J connectivity index is 2.08. The van der Waals surface area contributed by atoms with Gasteiger partial charge in [0.25, 0.3) is 0 Å². The molecule has 0 saturated heterocycles. The van der Waals surface area contributed by atoms with Gasteiger partial charge >= 0.3 is 0 Å². The highest BCUT2D eigenvalue weighted by Crippen LogP contribution is 2.37. The van der Waals surface area contributed by atoms with Gasteiger partial charge in [0.2, 0.25) is 0 Å². The van der Waals surface area contributed by atoms with Gasteiger partial charge in [-0.05, 0) is 42.3 Å². The molecular formula is C18H19BrN2OS. The second-order valence-electron chi connectivity index (χ2n) is 5.56. The van der Waals surface area contributed by atoms with Crippen LogP contribution in [0.5, 0.6) is 0 Å². The van der Waals surface area contributed by atoms with Crippen molar-refractivity contribution in [3.05, 3.63) is 58.6 Å². The van der Waals surface area contributed by atoms with E-state index >= 15 is 0 Å². The van der Waals surface area contributed by atoms with Gasteiger partial charge in [-0.15, -0.1) is 0 Å². The molecule has 0 aliphatic heterocycles. The Labute approximate surface area is 148 Å². The van der Waals surface area contributed by atoms with Crippen LogP contribution in [0.15, 0.2) is 62.9 Å². The molecular weight excluding hydrogens is 372 g/mol. The number of hydrogen-bond donors (Lipinski definition) is 2. The quantitative estimate of drug-likeness (QED) is 0.693. The number of halogens is 1. The smallest absolute Gasteiger partial charge is 0.0838 e. The van der Waals surface area contributed by atoms with Gasteiger partial charge in [0.1, 0.15) is 0 Å². The monoisotopic (exact) mass is 390 g/mol. The van der Waals surface area contributed by atoms with Crippen molar-refractivity contribution < 1.29 is 5.11 Å². The van der Waals surface area contributed by atoms with Crippen LogP contribution < -0.4 is 5.73 Å². The van der Waals surface area contributed by atoms with E-state index in [0.29, 0.717) is 6.42 Å². The maximum Gasteiger partial charge on any atom is 0.0838 e. The summed E-state index contributed by atoms with van der Waals surface area (Å²) in [6, 6.07) is 16.4. The first kappa shape index (κ1) is 16.6. The van der Waals surface area contributed by atoms with E-state index in [0.717, 1.165) is 4.47 Å². The molecule has 0 fully saturated rings. The molecule has 1 aromatic heterocycles. The summed E-state index contributed by atoms with van der Waals surface area (Å²) in [4.78, 5) is 1.18. The minimum atomic E-state index is -0.245. The number of fused-ring (bicyclic) bond motifs is 1. The standard InChI is InChI=1S/C18H19BrN2OS/c1-21-17-5-3-2-4-15(17)16(10-13(20)11-22)18(21)23-14-8-6-12(19)7-9-14/h2-9,13,22H,10-11,20H2,1H3. The molecule has 120 valence electrons. The van der Waals surface area contributed by atoms with Crippen molar-refractivity contribution in [2.24, 2.45) is 12.8 Å². The van der Waals surface area contributed by atoms with Gasteiger partial charge in [-0.2, -0.15) is 0 Å². The number of para-hydroxylation sites is 1. The summed E-state index contributed by atoms with van der Waals surface area (Å²) in [6.07, 6.45) is 0.663. The molecule has 2 aromatic carbocycles. The molecule has 0 radical (unpaired) electrons. The van der Waals surface area contributed by atoms with Crippen LogP contribution in [0.4, 0.5) is 0 Å². The Kier molecular flexibility index (Phi) is 5.11. The molecule has 3 rings (SSSR count). The first-order chi connectivity index (χ1) is 11.1. The molecule has 0 bridgehead atoms. The zero-order chi connectivity index (χ0) is 16.4. The average molecular weight is 391 g/mol. The first-order valence-electron chi connectivity index (χ1n) is 7.46. The van der Waals surface area contributed by atoms with E-state index in [1.807, 2.05) is 24.3 Å². The summed E-state index contributed by atoms with van der Waals surface area (Å²) < 4.78 is 3.28. The number of aromatic nitrogens is 1. The van der Waals surface area contributed by atoms with Crippen LogP contribution in [-0.2, 0) is 13.5 Å². The Morgan fingerprint density at radius 1 is 1.17 bits per heavy atom. The summed E-state index contributed by atoms with van der Waals surface area (Å²) >= 11 is 5.20. The molecule has 0 saturated carbocycles. The lowest BCUT2D eigenvalue weighted by atomic mass is 10.1. The van der Waals surface area contributed by atoms with Crippen molar-refractivity contribution in [1.82, 2.24) is 4.57 Å². The predicted octanol–water partition coefficient (Wildman–Crippen LogP) is 3.95. The third-order valence-electron chi connectivity index (χ3n) is 3.88. The highest BCUT2D eigenvalue weighted by Gasteiger charge is 2.18. The minimum absolute atomic E-state index is 0.00832. The molecule has 3 nitrogen and oxygen atoms in total. The second-order valence-corrected chi connectivity index (χ2v) is 7.54. The fourth-order valence-electron chi connectivity index (χ4n) is 2.72. The summed E-state index contributed by atoms with van der Waals surface area (Å²) in [5, 5.41) is 11.7. The number of aliphatic hydroxyl groups is 1. The van der Waals surface area contributed by atoms with E-state index in [1.54, 1.807) is 11.8 Å². The van der Waals surface area contributed by atoms with E-state index in [1.165, 1.54) is 26.4 Å². The highest BCUT2D eigenvalue weighted by atomic mass is 79.9. The Bertz CT molecular complexity index is 814. The van der Waals surface area contributed by atoms with Gasteiger partial charge in [-0.1, -0.05) is 45.9 Å². The van der Waals surface area contributed by atoms with Gasteiger partial charge in [0, 0.05) is 33.4 Å². The van der Waals surface area contributed by atoms with Crippen LogP contribution in [0.25, 0.3) is 10.9 Å². The van der Waals surface area contributed by atoms with Crippen molar-refractivity contribution in [3.8, 4) is 0 Å². The molecule has 3 aromatic rings. The normalized spacial score (nSPS) is 12.7. The molecule has 0 aliphatic rings. The van der Waals surface area contributed by atoms with E-state index in [4.69, 9.17) is 5.73 Å². The highest BCUT2D eigenvalue weighted by molar-refractivity contribution is 9.10. The number of hydrogen-bond acceptors (Lipinski definition) is 3. The Morgan fingerprint density at radius 3 is 2.57 bits per heavy atom. The van der Waals surface area contributed by atoms with Crippen LogP contribution in [0.3, 0.4) is 0 Å². The molecule has 1 heterocycles. The maximum atomic E-state index is 9.34. The van der Waals surface area contributed by atoms with Crippen LogP contribution in [-0.4, -0.2) is 22.3 Å². The van der Waals surface area contributed by atoms with Crippen LogP contribution >= 0.6 is 27.7 Å². The summed E-state index contributed by atoms with van der Waals surface area (Å²) in [5.41, 5.74) is 8.41.